The van der Waals surface area contributed by atoms with E-state index in [0.717, 1.165) is 17.7 Å². The van der Waals surface area contributed by atoms with E-state index in [4.69, 9.17) is 16.4 Å². The third-order valence-corrected chi connectivity index (χ3v) is 7.61. The Morgan fingerprint density at radius 1 is 0.968 bits per heavy atom. The van der Waals surface area contributed by atoms with Gasteiger partial charge in [-0.15, -0.1) is 0 Å². The molecule has 7 heteroatoms. The summed E-state index contributed by atoms with van der Waals surface area (Å²) in [6, 6.07) is 14.1. The van der Waals surface area contributed by atoms with Crippen LogP contribution in [-0.2, 0) is 14.4 Å². The molecule has 2 saturated carbocycles. The highest BCUT2D eigenvalue weighted by Gasteiger charge is 2.70. The summed E-state index contributed by atoms with van der Waals surface area (Å²) in [5.74, 6) is -1.10. The average Bonchev–Trinajstić information content (AvgIpc) is 3.49. The Labute approximate surface area is 183 Å². The molecule has 1 saturated heterocycles. The van der Waals surface area contributed by atoms with Crippen LogP contribution in [0.5, 0.6) is 0 Å². The Morgan fingerprint density at radius 2 is 1.61 bits per heavy atom. The quantitative estimate of drug-likeness (QED) is 0.545. The van der Waals surface area contributed by atoms with Crippen molar-refractivity contribution in [2.24, 2.45) is 34.7 Å². The highest BCUT2D eigenvalue weighted by molar-refractivity contribution is 6.30. The molecule has 2 heterocycles. The summed E-state index contributed by atoms with van der Waals surface area (Å²) in [6.45, 7) is 1.49. The van der Waals surface area contributed by atoms with Crippen LogP contribution in [0.15, 0.2) is 53.7 Å². The maximum Gasteiger partial charge on any atom is 0.238 e. The van der Waals surface area contributed by atoms with Crippen molar-refractivity contribution in [3.05, 3.63) is 64.7 Å². The Morgan fingerprint density at radius 3 is 2.26 bits per heavy atom. The number of oxime groups is 1. The van der Waals surface area contributed by atoms with Gasteiger partial charge < -0.3 is 4.84 Å². The number of Topliss-reactive ketones (excluding diaryl/α,β-unsaturated/α-hetero) is 1. The summed E-state index contributed by atoms with van der Waals surface area (Å²) >= 11 is 6.02. The number of hydrogen-bond acceptors (Lipinski definition) is 5. The number of anilines is 1. The lowest BCUT2D eigenvalue weighted by atomic mass is 9.71. The summed E-state index contributed by atoms with van der Waals surface area (Å²) in [5.41, 5.74) is 2.85. The second-order valence-corrected chi connectivity index (χ2v) is 9.25. The number of rotatable bonds is 3. The van der Waals surface area contributed by atoms with Crippen LogP contribution in [0.2, 0.25) is 5.02 Å². The number of amides is 2. The van der Waals surface area contributed by atoms with Gasteiger partial charge in [0, 0.05) is 22.4 Å². The lowest BCUT2D eigenvalue weighted by Gasteiger charge is -2.29. The molecule has 6 nitrogen and oxygen atoms in total. The molecular weight excluding hydrogens is 416 g/mol. The minimum absolute atomic E-state index is 0.00390. The molecule has 156 valence electrons. The molecule has 2 amide bonds. The molecule has 2 bridgehead atoms. The first-order valence-corrected chi connectivity index (χ1v) is 10.8. The number of halogens is 1. The zero-order valence-electron chi connectivity index (χ0n) is 16.7. The van der Waals surface area contributed by atoms with Gasteiger partial charge in [-0.3, -0.25) is 19.3 Å². The molecule has 6 unspecified atom stereocenters. The fourth-order valence-corrected chi connectivity index (χ4v) is 6.21. The topological polar surface area (TPSA) is 76.0 Å². The first-order valence-electron chi connectivity index (χ1n) is 10.4. The number of imide groups is 1. The van der Waals surface area contributed by atoms with Crippen molar-refractivity contribution in [2.75, 3.05) is 4.90 Å². The van der Waals surface area contributed by atoms with E-state index in [1.54, 1.807) is 24.3 Å². The largest absolute Gasteiger partial charge is 0.391 e. The Bertz CT molecular complexity index is 1160. The maximum absolute atomic E-state index is 13.4. The van der Waals surface area contributed by atoms with Crippen LogP contribution in [0.4, 0.5) is 5.69 Å². The molecular formula is C24H19ClN2O4. The number of fused-ring (bicyclic) bond motifs is 8. The van der Waals surface area contributed by atoms with Gasteiger partial charge in [-0.25, -0.2) is 0 Å². The predicted molar refractivity (Wildman–Crippen MR) is 114 cm³/mol. The van der Waals surface area contributed by atoms with Gasteiger partial charge in [-0.05, 0) is 61.2 Å². The van der Waals surface area contributed by atoms with Crippen molar-refractivity contribution in [3.8, 4) is 0 Å². The minimum Gasteiger partial charge on any atom is -0.391 e. The highest BCUT2D eigenvalue weighted by atomic mass is 35.5. The van der Waals surface area contributed by atoms with Crippen LogP contribution in [0.1, 0.15) is 29.3 Å². The molecule has 4 aliphatic rings. The first kappa shape index (κ1) is 18.8. The van der Waals surface area contributed by atoms with Crippen molar-refractivity contribution in [2.45, 2.75) is 19.4 Å². The Hall–Kier alpha value is -2.99. The zero-order valence-corrected chi connectivity index (χ0v) is 17.5. The van der Waals surface area contributed by atoms with Crippen LogP contribution >= 0.6 is 11.6 Å². The van der Waals surface area contributed by atoms with Crippen LogP contribution < -0.4 is 4.90 Å². The third-order valence-electron chi connectivity index (χ3n) is 7.36. The standard InChI is InChI=1S/C24H19ClN2O4/c1-11(28)12-4-8-15(9-5-12)27-23(29)18-16-10-17(19(18)24(27)30)22-20(16)21(26-31-22)13-2-6-14(25)7-3-13/h2-9,16-20,22H,10H2,1H3. The summed E-state index contributed by atoms with van der Waals surface area (Å²) in [6.07, 6.45) is 0.625. The van der Waals surface area contributed by atoms with Crippen LogP contribution in [0.3, 0.4) is 0 Å². The smallest absolute Gasteiger partial charge is 0.238 e. The molecule has 0 radical (unpaired) electrons. The second kappa shape index (κ2) is 6.50. The maximum atomic E-state index is 13.4. The molecule has 0 aromatic heterocycles. The fraction of sp³-hybridized carbons (Fsp3) is 0.333. The number of carbonyl (C=O) groups excluding carboxylic acids is 3. The van der Waals surface area contributed by atoms with Gasteiger partial charge in [-0.2, -0.15) is 0 Å². The summed E-state index contributed by atoms with van der Waals surface area (Å²) in [4.78, 5) is 45.4. The number of ketones is 1. The van der Waals surface area contributed by atoms with E-state index >= 15 is 0 Å². The molecule has 31 heavy (non-hydrogen) atoms. The number of benzene rings is 2. The Kier molecular flexibility index (Phi) is 3.93. The van der Waals surface area contributed by atoms with E-state index in [0.29, 0.717) is 16.3 Å². The molecule has 6 atom stereocenters. The third kappa shape index (κ3) is 2.51. The molecule has 0 N–H and O–H groups in total. The number of carbonyl (C=O) groups is 3. The lowest BCUT2D eigenvalue weighted by molar-refractivity contribution is -0.125. The highest BCUT2D eigenvalue weighted by Crippen LogP contribution is 2.62. The minimum atomic E-state index is -0.369. The van der Waals surface area contributed by atoms with E-state index in [1.165, 1.54) is 11.8 Å². The normalized spacial score (nSPS) is 32.7. The van der Waals surface area contributed by atoms with Crippen molar-refractivity contribution in [1.82, 2.24) is 0 Å². The zero-order chi connectivity index (χ0) is 21.4. The van der Waals surface area contributed by atoms with Crippen LogP contribution in [-0.4, -0.2) is 29.4 Å². The fourth-order valence-electron chi connectivity index (χ4n) is 6.08. The second-order valence-electron chi connectivity index (χ2n) is 8.81. The van der Waals surface area contributed by atoms with E-state index in [9.17, 15) is 14.4 Å². The Balaban J connectivity index is 1.32. The van der Waals surface area contributed by atoms with Crippen molar-refractivity contribution in [1.29, 1.82) is 0 Å². The van der Waals surface area contributed by atoms with E-state index in [1.807, 2.05) is 24.3 Å². The molecule has 3 fully saturated rings. The van der Waals surface area contributed by atoms with Crippen LogP contribution in [0.25, 0.3) is 0 Å². The van der Waals surface area contributed by atoms with Crippen LogP contribution in [0, 0.1) is 29.6 Å². The van der Waals surface area contributed by atoms with Gasteiger partial charge in [0.15, 0.2) is 5.78 Å². The van der Waals surface area contributed by atoms with E-state index in [2.05, 4.69) is 5.16 Å². The van der Waals surface area contributed by atoms with E-state index < -0.39 is 0 Å². The summed E-state index contributed by atoms with van der Waals surface area (Å²) in [7, 11) is 0. The van der Waals surface area contributed by atoms with Crippen molar-refractivity contribution < 1.29 is 19.2 Å². The summed E-state index contributed by atoms with van der Waals surface area (Å²) < 4.78 is 0. The van der Waals surface area contributed by atoms with Gasteiger partial charge in [0.25, 0.3) is 0 Å². The van der Waals surface area contributed by atoms with Crippen molar-refractivity contribution >= 4 is 40.6 Å². The molecule has 2 aliphatic heterocycles. The lowest BCUT2D eigenvalue weighted by Crippen LogP contribution is -2.41. The van der Waals surface area contributed by atoms with Gasteiger partial charge in [0.2, 0.25) is 11.8 Å². The van der Waals surface area contributed by atoms with Gasteiger partial charge in [0.05, 0.1) is 23.2 Å². The molecule has 2 aromatic rings. The molecule has 6 rings (SSSR count). The van der Waals surface area contributed by atoms with Gasteiger partial charge in [0.1, 0.15) is 6.10 Å². The van der Waals surface area contributed by atoms with E-state index in [-0.39, 0.29) is 53.3 Å². The predicted octanol–water partition coefficient (Wildman–Crippen LogP) is 3.72. The monoisotopic (exact) mass is 434 g/mol. The number of hydrogen-bond donors (Lipinski definition) is 0. The average molecular weight is 435 g/mol. The SMILES string of the molecule is CC(=O)c1ccc(N2C(=O)C3C4CC(C5C(c6ccc(Cl)cc6)=NOC45)C3C2=O)cc1. The first-order chi connectivity index (χ1) is 15.0. The van der Waals surface area contributed by atoms with Gasteiger partial charge >= 0.3 is 0 Å². The summed E-state index contributed by atoms with van der Waals surface area (Å²) in [5, 5.41) is 5.00. The van der Waals surface area contributed by atoms with Gasteiger partial charge in [-0.1, -0.05) is 28.9 Å². The molecule has 0 spiro atoms. The molecule has 2 aromatic carbocycles. The van der Waals surface area contributed by atoms with Crippen molar-refractivity contribution in [3.63, 3.8) is 0 Å². The number of nitrogens with zero attached hydrogens (tertiary/aromatic N) is 2. The molecule has 2 aliphatic carbocycles.